The zero-order valence-corrected chi connectivity index (χ0v) is 12.5. The summed E-state index contributed by atoms with van der Waals surface area (Å²) < 4.78 is 0. The van der Waals surface area contributed by atoms with Crippen LogP contribution in [0.3, 0.4) is 0 Å². The number of carbonyl (C=O) groups is 1. The Kier molecular flexibility index (Phi) is 14.7. The van der Waals surface area contributed by atoms with Crippen LogP contribution in [0, 0.1) is 5.92 Å². The van der Waals surface area contributed by atoms with Crippen LogP contribution in [0.15, 0.2) is 12.7 Å². The number of carboxylic acid groups (broad SMARTS) is 1. The molecule has 0 aliphatic rings. The minimum atomic E-state index is -0.934. The molecule has 0 aromatic rings. The van der Waals surface area contributed by atoms with Gasteiger partial charge in [0.2, 0.25) is 0 Å². The number of carbonyl (C=O) groups excluding carboxylic acids is 1. The van der Waals surface area contributed by atoms with E-state index in [1.807, 2.05) is 0 Å². The molecule has 0 fully saturated rings. The van der Waals surface area contributed by atoms with Crippen LogP contribution in [0.2, 0.25) is 0 Å². The topological polar surface area (TPSA) is 40.1 Å². The minimum Gasteiger partial charge on any atom is -0.550 e. The molecule has 0 bridgehead atoms. The first-order valence-corrected chi connectivity index (χ1v) is 5.04. The fraction of sp³-hybridized carbons (Fsp3) is 0.727. The second kappa shape index (κ2) is 11.9. The van der Waals surface area contributed by atoms with Crippen molar-refractivity contribution in [3.63, 3.8) is 0 Å². The molecule has 0 radical (unpaired) electrons. The third-order valence-electron chi connectivity index (χ3n) is 2.19. The monoisotopic (exact) mass is 222 g/mol. The van der Waals surface area contributed by atoms with E-state index in [1.165, 1.54) is 12.8 Å². The molecule has 0 aromatic carbocycles. The van der Waals surface area contributed by atoms with Crippen molar-refractivity contribution in [2.75, 3.05) is 0 Å². The molecule has 14 heavy (non-hydrogen) atoms. The largest absolute Gasteiger partial charge is 1.00 e. The summed E-state index contributed by atoms with van der Waals surface area (Å²) in [6.45, 7) is 5.68. The first kappa shape index (κ1) is 17.2. The molecule has 0 heterocycles. The van der Waals surface area contributed by atoms with Crippen molar-refractivity contribution in [2.45, 2.75) is 45.4 Å². The third-order valence-corrected chi connectivity index (χ3v) is 2.19. The zero-order valence-electron chi connectivity index (χ0n) is 9.42. The van der Waals surface area contributed by atoms with Gasteiger partial charge < -0.3 is 9.90 Å². The number of carboxylic acids is 1. The quantitative estimate of drug-likeness (QED) is 0.297. The van der Waals surface area contributed by atoms with E-state index in [4.69, 9.17) is 0 Å². The number of aliphatic carboxylic acids is 1. The van der Waals surface area contributed by atoms with E-state index >= 15 is 0 Å². The molecule has 0 unspecified atom stereocenters. The molecule has 0 amide bonds. The van der Waals surface area contributed by atoms with Crippen molar-refractivity contribution in [1.29, 1.82) is 0 Å². The SMILES string of the molecule is C=CC[C@H](CCCCCC)C(=O)[O-].[K+]. The molecule has 0 saturated carbocycles. The van der Waals surface area contributed by atoms with Gasteiger partial charge in [-0.2, -0.15) is 0 Å². The molecule has 1 atom stereocenters. The Hall–Kier alpha value is 0.846. The standard InChI is InChI=1S/C11H20O2.K/c1-3-5-6-7-9-10(8-4-2)11(12)13;/h4,10H,2-3,5-9H2,1H3,(H,12,13);/q;+1/p-1/t10-;/m1./s1. The van der Waals surface area contributed by atoms with Crippen LogP contribution in [-0.2, 0) is 4.79 Å². The molecule has 2 nitrogen and oxygen atoms in total. The summed E-state index contributed by atoms with van der Waals surface area (Å²) in [5.41, 5.74) is 0. The van der Waals surface area contributed by atoms with Crippen LogP contribution < -0.4 is 56.5 Å². The summed E-state index contributed by atoms with van der Waals surface area (Å²) in [5, 5.41) is 10.6. The van der Waals surface area contributed by atoms with Gasteiger partial charge in [-0.25, -0.2) is 0 Å². The summed E-state index contributed by atoms with van der Waals surface area (Å²) in [7, 11) is 0. The maximum absolute atomic E-state index is 10.6. The van der Waals surface area contributed by atoms with Gasteiger partial charge in [0.1, 0.15) is 0 Å². The van der Waals surface area contributed by atoms with Crippen molar-refractivity contribution in [2.24, 2.45) is 5.92 Å². The summed E-state index contributed by atoms with van der Waals surface area (Å²) in [6, 6.07) is 0. The van der Waals surface area contributed by atoms with Crippen LogP contribution in [0.5, 0.6) is 0 Å². The number of rotatable bonds is 8. The van der Waals surface area contributed by atoms with E-state index in [2.05, 4.69) is 13.5 Å². The Morgan fingerprint density at radius 1 is 1.43 bits per heavy atom. The van der Waals surface area contributed by atoms with Crippen LogP contribution in [-0.4, -0.2) is 5.97 Å². The molecular weight excluding hydrogens is 203 g/mol. The summed E-state index contributed by atoms with van der Waals surface area (Å²) in [5.74, 6) is -1.26. The Morgan fingerprint density at radius 2 is 2.07 bits per heavy atom. The predicted octanol–water partition coefficient (Wildman–Crippen LogP) is -1.10. The van der Waals surface area contributed by atoms with Crippen molar-refractivity contribution in [1.82, 2.24) is 0 Å². The van der Waals surface area contributed by atoms with Gasteiger partial charge in [-0.05, 0) is 12.8 Å². The van der Waals surface area contributed by atoms with E-state index in [-0.39, 0.29) is 57.3 Å². The Morgan fingerprint density at radius 3 is 2.50 bits per heavy atom. The van der Waals surface area contributed by atoms with E-state index in [0.717, 1.165) is 19.3 Å². The molecule has 0 aliphatic heterocycles. The number of allylic oxidation sites excluding steroid dienone is 1. The van der Waals surface area contributed by atoms with Crippen molar-refractivity contribution >= 4 is 5.97 Å². The van der Waals surface area contributed by atoms with Crippen LogP contribution in [0.1, 0.15) is 45.4 Å². The van der Waals surface area contributed by atoms with E-state index < -0.39 is 5.97 Å². The fourth-order valence-corrected chi connectivity index (χ4v) is 1.35. The molecule has 0 saturated heterocycles. The third kappa shape index (κ3) is 9.40. The van der Waals surface area contributed by atoms with Gasteiger partial charge in [-0.15, -0.1) is 6.58 Å². The van der Waals surface area contributed by atoms with E-state index in [9.17, 15) is 9.90 Å². The van der Waals surface area contributed by atoms with Crippen LogP contribution in [0.4, 0.5) is 0 Å². The number of hydrogen-bond acceptors (Lipinski definition) is 2. The van der Waals surface area contributed by atoms with Crippen molar-refractivity contribution in [3.05, 3.63) is 12.7 Å². The van der Waals surface area contributed by atoms with Gasteiger partial charge in [0, 0.05) is 11.9 Å². The van der Waals surface area contributed by atoms with Crippen molar-refractivity contribution in [3.8, 4) is 0 Å². The van der Waals surface area contributed by atoms with Gasteiger partial charge in [0.05, 0.1) is 0 Å². The summed E-state index contributed by atoms with van der Waals surface area (Å²) >= 11 is 0. The van der Waals surface area contributed by atoms with Gasteiger partial charge in [-0.1, -0.05) is 38.7 Å². The first-order chi connectivity index (χ1) is 6.22. The smallest absolute Gasteiger partial charge is 0.550 e. The summed E-state index contributed by atoms with van der Waals surface area (Å²) in [4.78, 5) is 10.6. The van der Waals surface area contributed by atoms with E-state index in [0.29, 0.717) is 6.42 Å². The minimum absolute atomic E-state index is 0. The molecular formula is C11H19KO2. The maximum Gasteiger partial charge on any atom is 1.00 e. The number of hydrogen-bond donors (Lipinski definition) is 0. The molecule has 0 N–H and O–H groups in total. The van der Waals surface area contributed by atoms with Gasteiger partial charge >= 0.3 is 51.4 Å². The molecule has 3 heteroatoms. The normalized spacial score (nSPS) is 11.5. The predicted molar refractivity (Wildman–Crippen MR) is 52.1 cm³/mol. The second-order valence-corrected chi connectivity index (χ2v) is 3.39. The fourth-order valence-electron chi connectivity index (χ4n) is 1.35. The molecule has 0 rings (SSSR count). The zero-order chi connectivity index (χ0) is 10.1. The molecule has 0 aromatic heterocycles. The maximum atomic E-state index is 10.6. The Balaban J connectivity index is 0. The van der Waals surface area contributed by atoms with Gasteiger partial charge in [0.25, 0.3) is 0 Å². The Bertz CT molecular complexity index is 157. The van der Waals surface area contributed by atoms with Crippen LogP contribution in [0.25, 0.3) is 0 Å². The molecule has 0 aliphatic carbocycles. The van der Waals surface area contributed by atoms with Gasteiger partial charge in [0.15, 0.2) is 0 Å². The Labute approximate surface area is 130 Å². The average Bonchev–Trinajstić information content (AvgIpc) is 2.10. The first-order valence-electron chi connectivity index (χ1n) is 5.04. The molecule has 0 spiro atoms. The molecule has 76 valence electrons. The van der Waals surface area contributed by atoms with Crippen LogP contribution >= 0.6 is 0 Å². The van der Waals surface area contributed by atoms with E-state index in [1.54, 1.807) is 6.08 Å². The number of unbranched alkanes of at least 4 members (excludes halogenated alkanes) is 3. The average molecular weight is 222 g/mol. The van der Waals surface area contributed by atoms with Gasteiger partial charge in [-0.3, -0.25) is 0 Å². The second-order valence-electron chi connectivity index (χ2n) is 3.39. The summed E-state index contributed by atoms with van der Waals surface area (Å²) in [6.07, 6.45) is 7.39. The van der Waals surface area contributed by atoms with Crippen molar-refractivity contribution < 1.29 is 61.3 Å².